The molecule has 1 saturated heterocycles. The number of anilines is 3. The average Bonchev–Trinajstić information content (AvgIpc) is 2.97. The van der Waals surface area contributed by atoms with E-state index in [1.165, 1.54) is 12.5 Å². The molecule has 0 aliphatic carbocycles. The van der Waals surface area contributed by atoms with Crippen molar-refractivity contribution in [3.8, 4) is 0 Å². The monoisotopic (exact) mass is 379 g/mol. The molecule has 1 fully saturated rings. The zero-order valence-electron chi connectivity index (χ0n) is 16.0. The van der Waals surface area contributed by atoms with Crippen molar-refractivity contribution in [3.05, 3.63) is 54.1 Å². The lowest BCUT2D eigenvalue weighted by atomic mass is 9.76. The Balaban J connectivity index is 1.44. The van der Waals surface area contributed by atoms with Crippen LogP contribution >= 0.6 is 0 Å². The fourth-order valence-electron chi connectivity index (χ4n) is 4.28. The molecule has 1 spiro atoms. The van der Waals surface area contributed by atoms with E-state index in [2.05, 4.69) is 33.7 Å². The maximum Gasteiger partial charge on any atom is 0.243 e. The number of rotatable bonds is 4. The SMILES string of the molecule is CC(=O)Nc1ccc(NC(=O)CN2CC3(CCOCC3)c3ccccc32)cc1. The van der Waals surface area contributed by atoms with Crippen molar-refractivity contribution < 1.29 is 14.3 Å². The number of nitrogens with zero attached hydrogens (tertiary/aromatic N) is 1. The summed E-state index contributed by atoms with van der Waals surface area (Å²) in [5.41, 5.74) is 4.01. The molecule has 2 heterocycles. The van der Waals surface area contributed by atoms with Gasteiger partial charge in [0.2, 0.25) is 11.8 Å². The normalized spacial score (nSPS) is 17.2. The maximum atomic E-state index is 12.7. The first kappa shape index (κ1) is 18.5. The van der Waals surface area contributed by atoms with Gasteiger partial charge in [-0.05, 0) is 48.7 Å². The second kappa shape index (κ2) is 7.64. The van der Waals surface area contributed by atoms with Crippen molar-refractivity contribution in [1.29, 1.82) is 0 Å². The van der Waals surface area contributed by atoms with E-state index in [4.69, 9.17) is 4.74 Å². The molecule has 2 aromatic rings. The third kappa shape index (κ3) is 3.73. The number of carbonyl (C=O) groups excluding carboxylic acids is 2. The van der Waals surface area contributed by atoms with E-state index in [0.29, 0.717) is 17.9 Å². The van der Waals surface area contributed by atoms with E-state index >= 15 is 0 Å². The van der Waals surface area contributed by atoms with Crippen LogP contribution in [0.2, 0.25) is 0 Å². The van der Waals surface area contributed by atoms with Gasteiger partial charge in [-0.25, -0.2) is 0 Å². The predicted molar refractivity (Wildman–Crippen MR) is 110 cm³/mol. The van der Waals surface area contributed by atoms with Gasteiger partial charge in [0, 0.05) is 49.2 Å². The Morgan fingerprint density at radius 2 is 1.64 bits per heavy atom. The summed E-state index contributed by atoms with van der Waals surface area (Å²) < 4.78 is 5.58. The number of fused-ring (bicyclic) bond motifs is 2. The first-order valence-electron chi connectivity index (χ1n) is 9.65. The highest BCUT2D eigenvalue weighted by molar-refractivity contribution is 5.95. The minimum Gasteiger partial charge on any atom is -0.381 e. The highest BCUT2D eigenvalue weighted by Crippen LogP contribution is 2.46. The Hall–Kier alpha value is -2.86. The summed E-state index contributed by atoms with van der Waals surface area (Å²) in [7, 11) is 0. The van der Waals surface area contributed by atoms with Crippen molar-refractivity contribution in [2.75, 3.05) is 41.8 Å². The van der Waals surface area contributed by atoms with E-state index in [-0.39, 0.29) is 17.2 Å². The van der Waals surface area contributed by atoms with Crippen LogP contribution in [0.4, 0.5) is 17.1 Å². The Kier molecular flexibility index (Phi) is 5.05. The van der Waals surface area contributed by atoms with Crippen LogP contribution in [-0.4, -0.2) is 38.1 Å². The van der Waals surface area contributed by atoms with Gasteiger partial charge < -0.3 is 20.3 Å². The summed E-state index contributed by atoms with van der Waals surface area (Å²) in [6.45, 7) is 4.18. The summed E-state index contributed by atoms with van der Waals surface area (Å²) in [5.74, 6) is -0.169. The van der Waals surface area contributed by atoms with Crippen LogP contribution in [0.1, 0.15) is 25.3 Å². The van der Waals surface area contributed by atoms with Crippen LogP contribution in [0.15, 0.2) is 48.5 Å². The topological polar surface area (TPSA) is 70.7 Å². The van der Waals surface area contributed by atoms with Gasteiger partial charge in [0.05, 0.1) is 6.54 Å². The van der Waals surface area contributed by atoms with Crippen molar-refractivity contribution in [1.82, 2.24) is 0 Å². The fraction of sp³-hybridized carbons (Fsp3) is 0.364. The molecule has 0 unspecified atom stereocenters. The van der Waals surface area contributed by atoms with Gasteiger partial charge in [0.1, 0.15) is 0 Å². The number of para-hydroxylation sites is 1. The predicted octanol–water partition coefficient (Wildman–Crippen LogP) is 3.15. The molecule has 2 aromatic carbocycles. The van der Waals surface area contributed by atoms with Crippen LogP contribution in [0.25, 0.3) is 0 Å². The van der Waals surface area contributed by atoms with Gasteiger partial charge in [-0.1, -0.05) is 18.2 Å². The van der Waals surface area contributed by atoms with Crippen LogP contribution in [0.3, 0.4) is 0 Å². The lowest BCUT2D eigenvalue weighted by Gasteiger charge is -2.34. The first-order valence-corrected chi connectivity index (χ1v) is 9.65. The lowest BCUT2D eigenvalue weighted by molar-refractivity contribution is -0.115. The molecule has 2 aliphatic heterocycles. The van der Waals surface area contributed by atoms with E-state index in [1.807, 2.05) is 6.07 Å². The Morgan fingerprint density at radius 1 is 1.00 bits per heavy atom. The van der Waals surface area contributed by atoms with Crippen LogP contribution in [0.5, 0.6) is 0 Å². The highest BCUT2D eigenvalue weighted by atomic mass is 16.5. The summed E-state index contributed by atoms with van der Waals surface area (Å²) in [6, 6.07) is 15.5. The molecule has 4 rings (SSSR count). The molecular formula is C22H25N3O3. The van der Waals surface area contributed by atoms with E-state index < -0.39 is 0 Å². The first-order chi connectivity index (χ1) is 13.6. The highest BCUT2D eigenvalue weighted by Gasteiger charge is 2.43. The fourth-order valence-corrected chi connectivity index (χ4v) is 4.28. The van der Waals surface area contributed by atoms with Gasteiger partial charge >= 0.3 is 0 Å². The van der Waals surface area contributed by atoms with E-state index in [0.717, 1.165) is 38.3 Å². The largest absolute Gasteiger partial charge is 0.381 e. The molecular weight excluding hydrogens is 354 g/mol. The summed E-state index contributed by atoms with van der Waals surface area (Å²) in [5, 5.41) is 5.67. The molecule has 0 radical (unpaired) electrons. The van der Waals surface area contributed by atoms with Gasteiger partial charge in [-0.15, -0.1) is 0 Å². The molecule has 28 heavy (non-hydrogen) atoms. The molecule has 6 heteroatoms. The summed E-state index contributed by atoms with van der Waals surface area (Å²) >= 11 is 0. The molecule has 0 atom stereocenters. The maximum absolute atomic E-state index is 12.7. The number of benzene rings is 2. The van der Waals surface area contributed by atoms with Gasteiger partial charge in [-0.3, -0.25) is 9.59 Å². The van der Waals surface area contributed by atoms with Crippen LogP contribution < -0.4 is 15.5 Å². The quantitative estimate of drug-likeness (QED) is 0.856. The molecule has 2 aliphatic rings. The van der Waals surface area contributed by atoms with Crippen molar-refractivity contribution in [2.24, 2.45) is 0 Å². The molecule has 6 nitrogen and oxygen atoms in total. The van der Waals surface area contributed by atoms with Crippen molar-refractivity contribution in [2.45, 2.75) is 25.2 Å². The zero-order chi connectivity index (χ0) is 19.6. The molecule has 0 aromatic heterocycles. The number of hydrogen-bond acceptors (Lipinski definition) is 4. The molecule has 0 bridgehead atoms. The molecule has 0 saturated carbocycles. The number of ether oxygens (including phenoxy) is 1. The minimum atomic E-state index is -0.119. The second-order valence-corrected chi connectivity index (χ2v) is 7.57. The smallest absolute Gasteiger partial charge is 0.243 e. The third-order valence-corrected chi connectivity index (χ3v) is 5.58. The Morgan fingerprint density at radius 3 is 2.32 bits per heavy atom. The number of carbonyl (C=O) groups is 2. The average molecular weight is 379 g/mol. The zero-order valence-corrected chi connectivity index (χ0v) is 16.0. The van der Waals surface area contributed by atoms with Gasteiger partial charge in [0.25, 0.3) is 0 Å². The third-order valence-electron chi connectivity index (χ3n) is 5.58. The van der Waals surface area contributed by atoms with Gasteiger partial charge in [0.15, 0.2) is 0 Å². The second-order valence-electron chi connectivity index (χ2n) is 7.57. The Labute approximate surface area is 164 Å². The minimum absolute atomic E-state index is 0.0498. The van der Waals surface area contributed by atoms with E-state index in [9.17, 15) is 9.59 Å². The molecule has 2 N–H and O–H groups in total. The standard InChI is InChI=1S/C22H25N3O3/c1-16(26)23-17-6-8-18(9-7-17)24-21(27)14-25-15-22(10-12-28-13-11-22)19-4-2-3-5-20(19)25/h2-9H,10-15H2,1H3,(H,23,26)(H,24,27). The number of amides is 2. The van der Waals surface area contributed by atoms with Crippen molar-refractivity contribution in [3.63, 3.8) is 0 Å². The molecule has 146 valence electrons. The van der Waals surface area contributed by atoms with Crippen LogP contribution in [0, 0.1) is 0 Å². The summed E-state index contributed by atoms with van der Waals surface area (Å²) in [6.07, 6.45) is 1.99. The number of nitrogens with one attached hydrogen (secondary N) is 2. The number of hydrogen-bond donors (Lipinski definition) is 2. The van der Waals surface area contributed by atoms with Crippen LogP contribution in [-0.2, 0) is 19.7 Å². The summed E-state index contributed by atoms with van der Waals surface area (Å²) in [4.78, 5) is 26.0. The Bertz CT molecular complexity index is 873. The molecule has 2 amide bonds. The van der Waals surface area contributed by atoms with Crippen molar-refractivity contribution >= 4 is 28.9 Å². The van der Waals surface area contributed by atoms with E-state index in [1.54, 1.807) is 24.3 Å². The van der Waals surface area contributed by atoms with Gasteiger partial charge in [-0.2, -0.15) is 0 Å². The lowest BCUT2D eigenvalue weighted by Crippen LogP contribution is -2.41.